The summed E-state index contributed by atoms with van der Waals surface area (Å²) < 4.78 is 1.54. The van der Waals surface area contributed by atoms with Crippen molar-refractivity contribution in [3.8, 4) is 5.69 Å². The molecule has 0 radical (unpaired) electrons. The van der Waals surface area contributed by atoms with Gasteiger partial charge in [0, 0.05) is 0 Å². The van der Waals surface area contributed by atoms with Crippen LogP contribution < -0.4 is 0 Å². The quantitative estimate of drug-likeness (QED) is 0.797. The second-order valence-electron chi connectivity index (χ2n) is 2.63. The number of hydrogen-bond acceptors (Lipinski definition) is 4. The predicted molar refractivity (Wildman–Crippen MR) is 50.1 cm³/mol. The van der Waals surface area contributed by atoms with Gasteiger partial charge in [-0.2, -0.15) is 0 Å². The number of pyridine rings is 1. The van der Waals surface area contributed by atoms with Gasteiger partial charge in [-0.3, -0.25) is 4.98 Å². The second kappa shape index (κ2) is 3.73. The van der Waals surface area contributed by atoms with E-state index in [2.05, 4.69) is 15.3 Å². The van der Waals surface area contributed by atoms with E-state index < -0.39 is 0 Å². The van der Waals surface area contributed by atoms with Crippen molar-refractivity contribution in [2.75, 3.05) is 0 Å². The summed E-state index contributed by atoms with van der Waals surface area (Å²) >= 11 is 5.86. The van der Waals surface area contributed by atoms with Gasteiger partial charge < -0.3 is 5.11 Å². The molecule has 0 atom stereocenters. The van der Waals surface area contributed by atoms with E-state index in [9.17, 15) is 0 Å². The summed E-state index contributed by atoms with van der Waals surface area (Å²) in [6.45, 7) is -0.170. The smallest absolute Gasteiger partial charge is 0.0868 e. The molecular weight excluding hydrogens is 204 g/mol. The van der Waals surface area contributed by atoms with E-state index in [1.807, 2.05) is 0 Å². The van der Waals surface area contributed by atoms with E-state index >= 15 is 0 Å². The Morgan fingerprint density at radius 3 is 2.93 bits per heavy atom. The summed E-state index contributed by atoms with van der Waals surface area (Å²) in [7, 11) is 0. The first-order valence-corrected chi connectivity index (χ1v) is 4.31. The molecule has 0 amide bonds. The van der Waals surface area contributed by atoms with E-state index in [4.69, 9.17) is 16.7 Å². The summed E-state index contributed by atoms with van der Waals surface area (Å²) in [6.07, 6.45) is 4.83. The zero-order valence-electron chi connectivity index (χ0n) is 7.13. The molecular formula is C8H7ClN4O. The topological polar surface area (TPSA) is 63.8 Å². The van der Waals surface area contributed by atoms with Gasteiger partial charge in [-0.25, -0.2) is 4.68 Å². The van der Waals surface area contributed by atoms with Gasteiger partial charge in [-0.05, 0) is 6.07 Å². The second-order valence-corrected chi connectivity index (χ2v) is 3.03. The lowest BCUT2D eigenvalue weighted by Gasteiger charge is -2.02. The van der Waals surface area contributed by atoms with E-state index in [1.165, 1.54) is 0 Å². The van der Waals surface area contributed by atoms with Crippen LogP contribution in [-0.4, -0.2) is 25.1 Å². The Hall–Kier alpha value is -1.46. The highest BCUT2D eigenvalue weighted by Gasteiger charge is 2.03. The van der Waals surface area contributed by atoms with Gasteiger partial charge in [-0.15, -0.1) is 5.10 Å². The number of nitrogens with zero attached hydrogens (tertiary/aromatic N) is 4. The Labute approximate surface area is 85.0 Å². The molecule has 2 rings (SSSR count). The fraction of sp³-hybridized carbons (Fsp3) is 0.125. The highest BCUT2D eigenvalue weighted by atomic mass is 35.5. The van der Waals surface area contributed by atoms with Gasteiger partial charge in [0.25, 0.3) is 0 Å². The number of halogens is 1. The molecule has 2 aromatic rings. The minimum atomic E-state index is -0.170. The van der Waals surface area contributed by atoms with Gasteiger partial charge in [0.15, 0.2) is 0 Å². The summed E-state index contributed by atoms with van der Waals surface area (Å²) in [5, 5.41) is 16.7. The third-order valence-corrected chi connectivity index (χ3v) is 2.07. The van der Waals surface area contributed by atoms with Crippen molar-refractivity contribution < 1.29 is 5.11 Å². The predicted octanol–water partition coefficient (Wildman–Crippen LogP) is 0.808. The van der Waals surface area contributed by atoms with Gasteiger partial charge >= 0.3 is 0 Å². The van der Waals surface area contributed by atoms with Crippen LogP contribution in [0.25, 0.3) is 5.69 Å². The minimum Gasteiger partial charge on any atom is -0.390 e. The van der Waals surface area contributed by atoms with Crippen molar-refractivity contribution in [1.82, 2.24) is 20.0 Å². The van der Waals surface area contributed by atoms with E-state index in [-0.39, 0.29) is 6.61 Å². The highest BCUT2D eigenvalue weighted by molar-refractivity contribution is 6.31. The zero-order chi connectivity index (χ0) is 9.97. The summed E-state index contributed by atoms with van der Waals surface area (Å²) in [5.41, 5.74) is 1.17. The average molecular weight is 211 g/mol. The van der Waals surface area contributed by atoms with Crippen molar-refractivity contribution in [2.45, 2.75) is 6.61 Å². The Morgan fingerprint density at radius 2 is 2.36 bits per heavy atom. The van der Waals surface area contributed by atoms with Crippen molar-refractivity contribution in [2.24, 2.45) is 0 Å². The van der Waals surface area contributed by atoms with Crippen LogP contribution in [-0.2, 0) is 6.61 Å². The Morgan fingerprint density at radius 1 is 1.50 bits per heavy atom. The first-order chi connectivity index (χ1) is 6.81. The maximum Gasteiger partial charge on any atom is 0.0868 e. The van der Waals surface area contributed by atoms with E-state index in [0.29, 0.717) is 16.4 Å². The van der Waals surface area contributed by atoms with Crippen LogP contribution in [0.5, 0.6) is 0 Å². The van der Waals surface area contributed by atoms with Crippen molar-refractivity contribution in [1.29, 1.82) is 0 Å². The minimum absolute atomic E-state index is 0.170. The Bertz CT molecular complexity index is 429. The van der Waals surface area contributed by atoms with Crippen molar-refractivity contribution in [3.05, 3.63) is 35.4 Å². The Kier molecular flexibility index (Phi) is 2.43. The molecule has 5 nitrogen and oxygen atoms in total. The highest BCUT2D eigenvalue weighted by Crippen LogP contribution is 2.16. The molecule has 0 bridgehead atoms. The van der Waals surface area contributed by atoms with E-state index in [1.54, 1.807) is 29.3 Å². The Balaban J connectivity index is 2.43. The van der Waals surface area contributed by atoms with Gasteiger partial charge in [0.2, 0.25) is 0 Å². The van der Waals surface area contributed by atoms with Crippen molar-refractivity contribution in [3.63, 3.8) is 0 Å². The molecule has 72 valence electrons. The van der Waals surface area contributed by atoms with Gasteiger partial charge in [0.1, 0.15) is 0 Å². The number of hydrogen-bond donors (Lipinski definition) is 1. The normalized spacial score (nSPS) is 10.4. The largest absolute Gasteiger partial charge is 0.390 e. The lowest BCUT2D eigenvalue weighted by Crippen LogP contribution is -1.98. The number of aliphatic hydroxyl groups excluding tert-OH is 1. The first-order valence-electron chi connectivity index (χ1n) is 3.93. The lowest BCUT2D eigenvalue weighted by molar-refractivity contribution is 0.277. The molecule has 14 heavy (non-hydrogen) atoms. The van der Waals surface area contributed by atoms with E-state index in [0.717, 1.165) is 0 Å². The van der Waals surface area contributed by atoms with Crippen LogP contribution in [0.3, 0.4) is 0 Å². The molecule has 0 aliphatic carbocycles. The third kappa shape index (κ3) is 1.59. The standard InChI is InChI=1S/C8H7ClN4O/c9-7-3-6(4-10-8(7)5-14)13-2-1-11-12-13/h1-4,14H,5H2. The SMILES string of the molecule is OCc1ncc(-n2ccnn2)cc1Cl. The number of rotatable bonds is 2. The third-order valence-electron chi connectivity index (χ3n) is 1.74. The van der Waals surface area contributed by atoms with Crippen LogP contribution in [0, 0.1) is 0 Å². The fourth-order valence-electron chi connectivity index (χ4n) is 1.04. The maximum atomic E-state index is 8.86. The monoisotopic (exact) mass is 210 g/mol. The number of aliphatic hydroxyl groups is 1. The maximum absolute atomic E-state index is 8.86. The van der Waals surface area contributed by atoms with Crippen molar-refractivity contribution >= 4 is 11.6 Å². The molecule has 6 heteroatoms. The summed E-state index contributed by atoms with van der Waals surface area (Å²) in [6, 6.07) is 1.68. The molecule has 2 heterocycles. The van der Waals surface area contributed by atoms with Crippen LogP contribution in [0.15, 0.2) is 24.7 Å². The number of aromatic nitrogens is 4. The lowest BCUT2D eigenvalue weighted by atomic mass is 10.3. The summed E-state index contributed by atoms with van der Waals surface area (Å²) in [4.78, 5) is 3.98. The van der Waals surface area contributed by atoms with Gasteiger partial charge in [0.05, 0.1) is 41.6 Å². The molecule has 0 aliphatic rings. The zero-order valence-corrected chi connectivity index (χ0v) is 7.89. The van der Waals surface area contributed by atoms with Crippen LogP contribution >= 0.6 is 11.6 Å². The van der Waals surface area contributed by atoms with Crippen LogP contribution in [0.2, 0.25) is 5.02 Å². The summed E-state index contributed by atoms with van der Waals surface area (Å²) in [5.74, 6) is 0. The van der Waals surface area contributed by atoms with Crippen LogP contribution in [0.1, 0.15) is 5.69 Å². The molecule has 1 N–H and O–H groups in total. The van der Waals surface area contributed by atoms with Crippen LogP contribution in [0.4, 0.5) is 0 Å². The molecule has 0 aromatic carbocycles. The molecule has 0 aliphatic heterocycles. The molecule has 0 saturated carbocycles. The average Bonchev–Trinajstić information content (AvgIpc) is 2.70. The fourth-order valence-corrected chi connectivity index (χ4v) is 1.26. The molecule has 0 spiro atoms. The molecule has 0 saturated heterocycles. The molecule has 0 unspecified atom stereocenters. The molecule has 2 aromatic heterocycles. The first kappa shape index (κ1) is 9.11. The van der Waals surface area contributed by atoms with Gasteiger partial charge in [-0.1, -0.05) is 16.8 Å². The molecule has 0 fully saturated rings.